The molecule has 0 fully saturated rings. The zero-order chi connectivity index (χ0) is 10.8. The van der Waals surface area contributed by atoms with Crippen LogP contribution in [0.4, 0.5) is 0 Å². The fourth-order valence-electron chi connectivity index (χ4n) is 0.808. The number of aliphatic hydroxyl groups is 1. The standard InChI is InChI=1S/C11H16O3/c1-3-7-10(4-2)11(13)14-9-6-5-8-12/h3-4,7,12H,1-2,5-6,8-9H2/b10-7+. The fourth-order valence-corrected chi connectivity index (χ4v) is 0.808. The molecule has 0 aliphatic rings. The Hall–Kier alpha value is -1.35. The molecule has 1 N–H and O–H groups in total. The van der Waals surface area contributed by atoms with Crippen molar-refractivity contribution in [2.24, 2.45) is 0 Å². The van der Waals surface area contributed by atoms with E-state index in [1.165, 1.54) is 12.2 Å². The van der Waals surface area contributed by atoms with Crippen LogP contribution in [-0.2, 0) is 9.53 Å². The summed E-state index contributed by atoms with van der Waals surface area (Å²) in [5.41, 5.74) is 0.393. The average Bonchev–Trinajstić information content (AvgIpc) is 2.20. The molecule has 0 aliphatic carbocycles. The van der Waals surface area contributed by atoms with E-state index in [1.807, 2.05) is 0 Å². The van der Waals surface area contributed by atoms with Crippen LogP contribution in [0.5, 0.6) is 0 Å². The zero-order valence-corrected chi connectivity index (χ0v) is 8.24. The highest BCUT2D eigenvalue weighted by Crippen LogP contribution is 2.01. The number of esters is 1. The van der Waals surface area contributed by atoms with E-state index in [4.69, 9.17) is 9.84 Å². The number of hydrogen-bond acceptors (Lipinski definition) is 3. The third-order valence-corrected chi connectivity index (χ3v) is 1.54. The molecule has 3 nitrogen and oxygen atoms in total. The number of ether oxygens (including phenoxy) is 1. The summed E-state index contributed by atoms with van der Waals surface area (Å²) in [6, 6.07) is 0. The maximum Gasteiger partial charge on any atom is 0.338 e. The number of unbranched alkanes of at least 4 members (excludes halogenated alkanes) is 1. The summed E-state index contributed by atoms with van der Waals surface area (Å²) in [5, 5.41) is 8.49. The molecule has 0 saturated carbocycles. The van der Waals surface area contributed by atoms with Crippen molar-refractivity contribution in [3.63, 3.8) is 0 Å². The SMILES string of the molecule is C=C/C=C(\C=C)C(=O)OCCCCO. The summed E-state index contributed by atoms with van der Waals surface area (Å²) < 4.78 is 4.91. The molecule has 0 amide bonds. The number of carbonyl (C=O) groups is 1. The molecule has 0 radical (unpaired) electrons. The van der Waals surface area contributed by atoms with Gasteiger partial charge in [0.25, 0.3) is 0 Å². The van der Waals surface area contributed by atoms with Crippen molar-refractivity contribution in [1.29, 1.82) is 0 Å². The number of hydrogen-bond donors (Lipinski definition) is 1. The van der Waals surface area contributed by atoms with Gasteiger partial charge in [-0.3, -0.25) is 0 Å². The Morgan fingerprint density at radius 3 is 2.57 bits per heavy atom. The van der Waals surface area contributed by atoms with Crippen LogP contribution in [0.2, 0.25) is 0 Å². The van der Waals surface area contributed by atoms with Gasteiger partial charge in [0.2, 0.25) is 0 Å². The van der Waals surface area contributed by atoms with Crippen molar-refractivity contribution < 1.29 is 14.6 Å². The highest BCUT2D eigenvalue weighted by Gasteiger charge is 2.05. The third-order valence-electron chi connectivity index (χ3n) is 1.54. The highest BCUT2D eigenvalue weighted by molar-refractivity contribution is 5.91. The fraction of sp³-hybridized carbons (Fsp3) is 0.364. The normalized spacial score (nSPS) is 10.8. The highest BCUT2D eigenvalue weighted by atomic mass is 16.5. The van der Waals surface area contributed by atoms with Gasteiger partial charge >= 0.3 is 5.97 Å². The van der Waals surface area contributed by atoms with Crippen LogP contribution in [0.1, 0.15) is 12.8 Å². The second-order valence-corrected chi connectivity index (χ2v) is 2.63. The summed E-state index contributed by atoms with van der Waals surface area (Å²) in [6.07, 6.45) is 5.78. The molecule has 0 aromatic carbocycles. The molecule has 3 heteroatoms. The molecule has 14 heavy (non-hydrogen) atoms. The van der Waals surface area contributed by atoms with Crippen molar-refractivity contribution in [3.05, 3.63) is 37.0 Å². The van der Waals surface area contributed by atoms with E-state index in [0.717, 1.165) is 0 Å². The molecule has 0 atom stereocenters. The number of allylic oxidation sites excluding steroid dienone is 2. The largest absolute Gasteiger partial charge is 0.462 e. The van der Waals surface area contributed by atoms with Gasteiger partial charge in [-0.1, -0.05) is 25.3 Å². The Balaban J connectivity index is 3.87. The van der Waals surface area contributed by atoms with Gasteiger partial charge in [0, 0.05) is 6.61 Å². The van der Waals surface area contributed by atoms with Gasteiger partial charge in [-0.15, -0.1) is 0 Å². The zero-order valence-electron chi connectivity index (χ0n) is 8.24. The minimum absolute atomic E-state index is 0.119. The van der Waals surface area contributed by atoms with Crippen molar-refractivity contribution in [3.8, 4) is 0 Å². The molecule has 0 aliphatic heterocycles. The van der Waals surface area contributed by atoms with Crippen LogP contribution in [0.3, 0.4) is 0 Å². The van der Waals surface area contributed by atoms with Gasteiger partial charge in [0.1, 0.15) is 0 Å². The summed E-state index contributed by atoms with van der Waals surface area (Å²) in [7, 11) is 0. The van der Waals surface area contributed by atoms with Crippen LogP contribution >= 0.6 is 0 Å². The quantitative estimate of drug-likeness (QED) is 0.291. The summed E-state index contributed by atoms with van der Waals surface area (Å²) in [5.74, 6) is -0.405. The van der Waals surface area contributed by atoms with Crippen LogP contribution in [-0.4, -0.2) is 24.3 Å². The molecule has 0 aromatic rings. The smallest absolute Gasteiger partial charge is 0.338 e. The van der Waals surface area contributed by atoms with E-state index >= 15 is 0 Å². The first-order valence-electron chi connectivity index (χ1n) is 4.49. The Morgan fingerprint density at radius 1 is 1.36 bits per heavy atom. The Morgan fingerprint density at radius 2 is 2.07 bits per heavy atom. The molecule has 0 saturated heterocycles. The lowest BCUT2D eigenvalue weighted by Crippen LogP contribution is -2.07. The van der Waals surface area contributed by atoms with Gasteiger partial charge in [0.15, 0.2) is 0 Å². The predicted molar refractivity (Wildman–Crippen MR) is 55.8 cm³/mol. The average molecular weight is 196 g/mol. The summed E-state index contributed by atoms with van der Waals surface area (Å²) in [6.45, 7) is 7.40. The molecular weight excluding hydrogens is 180 g/mol. The van der Waals surface area contributed by atoms with E-state index in [1.54, 1.807) is 6.08 Å². The van der Waals surface area contributed by atoms with Gasteiger partial charge in [0.05, 0.1) is 12.2 Å². The molecule has 0 aromatic heterocycles. The summed E-state index contributed by atoms with van der Waals surface area (Å²) in [4.78, 5) is 11.3. The Labute approximate surface area is 84.4 Å². The first-order valence-corrected chi connectivity index (χ1v) is 4.49. The second kappa shape index (κ2) is 8.26. The van der Waals surface area contributed by atoms with Crippen molar-refractivity contribution in [2.75, 3.05) is 13.2 Å². The molecule has 0 rings (SSSR count). The van der Waals surface area contributed by atoms with E-state index in [9.17, 15) is 4.79 Å². The number of aliphatic hydroxyl groups excluding tert-OH is 1. The molecule has 78 valence electrons. The molecular formula is C11H16O3. The maximum absolute atomic E-state index is 11.3. The van der Waals surface area contributed by atoms with Gasteiger partial charge < -0.3 is 9.84 Å². The van der Waals surface area contributed by atoms with Crippen LogP contribution < -0.4 is 0 Å². The van der Waals surface area contributed by atoms with Crippen molar-refractivity contribution >= 4 is 5.97 Å². The first-order chi connectivity index (χ1) is 6.76. The van der Waals surface area contributed by atoms with E-state index < -0.39 is 5.97 Å². The molecule has 0 bridgehead atoms. The third kappa shape index (κ3) is 5.32. The lowest BCUT2D eigenvalue weighted by molar-refractivity contribution is -0.138. The van der Waals surface area contributed by atoms with Crippen LogP contribution in [0.25, 0.3) is 0 Å². The van der Waals surface area contributed by atoms with E-state index in [2.05, 4.69) is 13.2 Å². The Bertz CT molecular complexity index is 229. The molecule has 0 unspecified atom stereocenters. The minimum Gasteiger partial charge on any atom is -0.462 e. The lowest BCUT2D eigenvalue weighted by Gasteiger charge is -2.03. The van der Waals surface area contributed by atoms with Crippen molar-refractivity contribution in [2.45, 2.75) is 12.8 Å². The molecule has 0 spiro atoms. The van der Waals surface area contributed by atoms with E-state index in [-0.39, 0.29) is 6.61 Å². The van der Waals surface area contributed by atoms with Crippen molar-refractivity contribution in [1.82, 2.24) is 0 Å². The van der Waals surface area contributed by atoms with Gasteiger partial charge in [-0.25, -0.2) is 4.79 Å². The van der Waals surface area contributed by atoms with Crippen LogP contribution in [0.15, 0.2) is 37.0 Å². The van der Waals surface area contributed by atoms with Gasteiger partial charge in [-0.2, -0.15) is 0 Å². The van der Waals surface area contributed by atoms with Gasteiger partial charge in [-0.05, 0) is 18.9 Å². The predicted octanol–water partition coefficient (Wildman–Crippen LogP) is 1.60. The monoisotopic (exact) mass is 196 g/mol. The number of rotatable bonds is 7. The summed E-state index contributed by atoms with van der Waals surface area (Å²) >= 11 is 0. The number of carbonyl (C=O) groups excluding carboxylic acids is 1. The first kappa shape index (κ1) is 12.7. The molecule has 0 heterocycles. The van der Waals surface area contributed by atoms with E-state index in [0.29, 0.717) is 25.0 Å². The lowest BCUT2D eigenvalue weighted by atomic mass is 10.2. The Kier molecular flexibility index (Phi) is 7.46. The second-order valence-electron chi connectivity index (χ2n) is 2.63. The van der Waals surface area contributed by atoms with Crippen LogP contribution in [0, 0.1) is 0 Å². The topological polar surface area (TPSA) is 46.5 Å². The maximum atomic E-state index is 11.3. The minimum atomic E-state index is -0.405.